The number of carbonyl (C=O) groups is 1. The van der Waals surface area contributed by atoms with Gasteiger partial charge in [0.2, 0.25) is 5.91 Å². The second kappa shape index (κ2) is 9.70. The Labute approximate surface area is 194 Å². The van der Waals surface area contributed by atoms with Crippen molar-refractivity contribution in [2.45, 2.75) is 0 Å². The lowest BCUT2D eigenvalue weighted by molar-refractivity contribution is -0.115. The molecule has 2 aromatic carbocycles. The Morgan fingerprint density at radius 1 is 1.10 bits per heavy atom. The maximum absolute atomic E-state index is 13.8. The van der Waals surface area contributed by atoms with Gasteiger partial charge in [0, 0.05) is 32.2 Å². The van der Waals surface area contributed by atoms with E-state index >= 15 is 0 Å². The van der Waals surface area contributed by atoms with Gasteiger partial charge in [-0.15, -0.1) is 0 Å². The van der Waals surface area contributed by atoms with Gasteiger partial charge in [0.1, 0.15) is 17.3 Å². The number of nitrogens with one attached hydrogen (secondary N) is 2. The quantitative estimate of drug-likeness (QED) is 0.286. The number of hydrogen-bond acceptors (Lipinski definition) is 3. The van der Waals surface area contributed by atoms with E-state index in [9.17, 15) is 13.6 Å². The highest BCUT2D eigenvalue weighted by atomic mass is 79.9. The van der Waals surface area contributed by atoms with E-state index in [1.807, 2.05) is 0 Å². The summed E-state index contributed by atoms with van der Waals surface area (Å²) in [5.74, 6) is -1.26. The maximum Gasteiger partial charge on any atom is 0.250 e. The molecule has 0 atom stereocenters. The van der Waals surface area contributed by atoms with Gasteiger partial charge in [-0.25, -0.2) is 8.78 Å². The first kappa shape index (κ1) is 22.4. The minimum Gasteiger partial charge on any atom is -0.457 e. The van der Waals surface area contributed by atoms with Gasteiger partial charge in [-0.05, 0) is 70.6 Å². The zero-order valence-corrected chi connectivity index (χ0v) is 18.7. The third-order valence-electron chi connectivity index (χ3n) is 3.65. The molecule has 0 spiro atoms. The molecule has 0 aliphatic rings. The monoisotopic (exact) mass is 530 g/mol. The van der Waals surface area contributed by atoms with Crippen LogP contribution in [0.5, 0.6) is 0 Å². The SMILES string of the molecule is O=C(/C=C/c1ccc(-c2cc(Cl)cc(Cl)c2)o1)NC(=S)Nc1c(F)cc(F)cc1Br. The maximum atomic E-state index is 13.8. The normalized spacial score (nSPS) is 11.0. The van der Waals surface area contributed by atoms with Crippen molar-refractivity contribution in [2.75, 3.05) is 5.32 Å². The van der Waals surface area contributed by atoms with Crippen LogP contribution in [0.4, 0.5) is 14.5 Å². The van der Waals surface area contributed by atoms with Crippen LogP contribution in [0.2, 0.25) is 10.0 Å². The summed E-state index contributed by atoms with van der Waals surface area (Å²) in [7, 11) is 0. The number of halogens is 5. The van der Waals surface area contributed by atoms with Crippen LogP contribution in [0.1, 0.15) is 5.76 Å². The van der Waals surface area contributed by atoms with E-state index in [1.54, 1.807) is 30.3 Å². The molecule has 0 fully saturated rings. The number of rotatable bonds is 4. The van der Waals surface area contributed by atoms with Crippen LogP contribution >= 0.6 is 51.3 Å². The average molecular weight is 532 g/mol. The highest BCUT2D eigenvalue weighted by molar-refractivity contribution is 9.10. The summed E-state index contributed by atoms with van der Waals surface area (Å²) in [6, 6.07) is 10.1. The predicted octanol–water partition coefficient (Wildman–Crippen LogP) is 6.82. The minimum absolute atomic E-state index is 0.0958. The molecule has 1 amide bonds. The lowest BCUT2D eigenvalue weighted by Gasteiger charge is -2.11. The van der Waals surface area contributed by atoms with Gasteiger partial charge in [0.05, 0.1) is 5.69 Å². The van der Waals surface area contributed by atoms with Gasteiger partial charge in [0.25, 0.3) is 0 Å². The molecule has 0 aliphatic carbocycles. The van der Waals surface area contributed by atoms with Crippen LogP contribution in [0, 0.1) is 11.6 Å². The summed E-state index contributed by atoms with van der Waals surface area (Å²) in [4.78, 5) is 12.0. The molecule has 30 heavy (non-hydrogen) atoms. The molecule has 3 aromatic rings. The highest BCUT2D eigenvalue weighted by Gasteiger charge is 2.12. The van der Waals surface area contributed by atoms with Crippen LogP contribution in [-0.4, -0.2) is 11.0 Å². The van der Waals surface area contributed by atoms with Crippen molar-refractivity contribution in [3.05, 3.63) is 80.5 Å². The minimum atomic E-state index is -0.863. The summed E-state index contributed by atoms with van der Waals surface area (Å²) in [5, 5.41) is 5.63. The molecular formula is C20H11BrCl2F2N2O2S. The number of anilines is 1. The molecule has 2 N–H and O–H groups in total. The van der Waals surface area contributed by atoms with E-state index in [2.05, 4.69) is 26.6 Å². The molecule has 3 rings (SSSR count). The van der Waals surface area contributed by atoms with E-state index in [-0.39, 0.29) is 15.3 Å². The van der Waals surface area contributed by atoms with Crippen LogP contribution in [0.3, 0.4) is 0 Å². The van der Waals surface area contributed by atoms with Gasteiger partial charge in [0.15, 0.2) is 10.9 Å². The van der Waals surface area contributed by atoms with E-state index in [4.69, 9.17) is 39.8 Å². The second-order valence-corrected chi connectivity index (χ2v) is 8.02. The second-order valence-electron chi connectivity index (χ2n) is 5.88. The fraction of sp³-hybridized carbons (Fsp3) is 0. The Kier molecular flexibility index (Phi) is 7.25. The topological polar surface area (TPSA) is 54.3 Å². The first-order valence-corrected chi connectivity index (χ1v) is 10.2. The highest BCUT2D eigenvalue weighted by Crippen LogP contribution is 2.29. The Hall–Kier alpha value is -2.26. The predicted molar refractivity (Wildman–Crippen MR) is 122 cm³/mol. The van der Waals surface area contributed by atoms with Crippen molar-refractivity contribution in [3.63, 3.8) is 0 Å². The smallest absolute Gasteiger partial charge is 0.250 e. The Bertz CT molecular complexity index is 1120. The van der Waals surface area contributed by atoms with Gasteiger partial charge in [-0.3, -0.25) is 10.1 Å². The Morgan fingerprint density at radius 2 is 1.80 bits per heavy atom. The average Bonchev–Trinajstić information content (AvgIpc) is 3.11. The van der Waals surface area contributed by atoms with Crippen LogP contribution < -0.4 is 10.6 Å². The molecule has 1 aromatic heterocycles. The van der Waals surface area contributed by atoms with Crippen LogP contribution in [-0.2, 0) is 4.79 Å². The molecule has 0 radical (unpaired) electrons. The zero-order chi connectivity index (χ0) is 21.8. The molecule has 0 unspecified atom stereocenters. The fourth-order valence-corrected chi connectivity index (χ4v) is 3.65. The third kappa shape index (κ3) is 5.89. The van der Waals surface area contributed by atoms with Gasteiger partial charge < -0.3 is 9.73 Å². The molecule has 0 saturated heterocycles. The molecule has 0 saturated carbocycles. The summed E-state index contributed by atoms with van der Waals surface area (Å²) < 4.78 is 32.7. The van der Waals surface area contributed by atoms with Gasteiger partial charge in [-0.2, -0.15) is 0 Å². The first-order valence-electron chi connectivity index (χ1n) is 8.22. The molecule has 1 heterocycles. The molecular weight excluding hydrogens is 521 g/mol. The molecule has 4 nitrogen and oxygen atoms in total. The number of hydrogen-bond donors (Lipinski definition) is 2. The van der Waals surface area contributed by atoms with Crippen molar-refractivity contribution in [1.82, 2.24) is 5.32 Å². The van der Waals surface area contributed by atoms with Crippen molar-refractivity contribution in [1.29, 1.82) is 0 Å². The van der Waals surface area contributed by atoms with Crippen molar-refractivity contribution in [3.8, 4) is 11.3 Å². The van der Waals surface area contributed by atoms with Gasteiger partial charge in [-0.1, -0.05) is 23.2 Å². The van der Waals surface area contributed by atoms with Crippen molar-refractivity contribution in [2.24, 2.45) is 0 Å². The van der Waals surface area contributed by atoms with Crippen LogP contribution in [0.15, 0.2) is 57.4 Å². The summed E-state index contributed by atoms with van der Waals surface area (Å²) in [6.07, 6.45) is 2.62. The summed E-state index contributed by atoms with van der Waals surface area (Å²) in [6.45, 7) is 0. The standard InChI is InChI=1S/C20H11BrCl2F2N2O2S/c21-15-8-13(24)9-16(25)19(15)27-20(30)26-18(28)4-2-14-1-3-17(29-14)10-5-11(22)7-12(23)6-10/h1-9H,(H2,26,27,28,30)/b4-2+. The fourth-order valence-electron chi connectivity index (χ4n) is 2.41. The van der Waals surface area contributed by atoms with Gasteiger partial charge >= 0.3 is 0 Å². The number of carbonyl (C=O) groups excluding carboxylic acids is 1. The summed E-state index contributed by atoms with van der Waals surface area (Å²) in [5.41, 5.74) is 0.593. The van der Waals surface area contributed by atoms with Crippen molar-refractivity contribution < 1.29 is 18.0 Å². The van der Waals surface area contributed by atoms with E-state index < -0.39 is 17.5 Å². The van der Waals surface area contributed by atoms with Crippen LogP contribution in [0.25, 0.3) is 17.4 Å². The van der Waals surface area contributed by atoms with E-state index in [0.29, 0.717) is 33.2 Å². The summed E-state index contributed by atoms with van der Waals surface area (Å²) >= 11 is 20.0. The lowest BCUT2D eigenvalue weighted by atomic mass is 10.2. The lowest BCUT2D eigenvalue weighted by Crippen LogP contribution is -2.33. The Morgan fingerprint density at radius 3 is 2.47 bits per heavy atom. The molecule has 0 aliphatic heterocycles. The number of furan rings is 1. The number of benzene rings is 2. The third-order valence-corrected chi connectivity index (χ3v) is 4.92. The van der Waals surface area contributed by atoms with Crippen molar-refractivity contribution >= 4 is 74.1 Å². The zero-order valence-electron chi connectivity index (χ0n) is 14.8. The molecule has 10 heteroatoms. The number of amides is 1. The molecule has 154 valence electrons. The number of thiocarbonyl (C=S) groups is 1. The molecule has 0 bridgehead atoms. The first-order chi connectivity index (χ1) is 14.2. The Balaban J connectivity index is 1.62. The largest absolute Gasteiger partial charge is 0.457 e. The van der Waals surface area contributed by atoms with E-state index in [1.165, 1.54) is 12.2 Å². The van der Waals surface area contributed by atoms with E-state index in [0.717, 1.165) is 6.07 Å².